The SMILES string of the molecule is CCCN1CCC(NC(=NCCOc2ccc(C(F)(F)F)cn2)NCC)CC1. The first-order valence-electron chi connectivity index (χ1n) is 9.85. The summed E-state index contributed by atoms with van der Waals surface area (Å²) in [5.74, 6) is 0.893. The maximum absolute atomic E-state index is 12.5. The summed E-state index contributed by atoms with van der Waals surface area (Å²) < 4.78 is 43.0. The van der Waals surface area contributed by atoms with Gasteiger partial charge in [-0.2, -0.15) is 13.2 Å². The average molecular weight is 401 g/mol. The standard InChI is InChI=1S/C19H30F3N5O/c1-3-10-27-11-7-16(8-12-27)26-18(23-4-2)24-9-13-28-17-6-5-15(14-25-17)19(20,21)22/h5-6,14,16H,3-4,7-13H2,1-2H3,(H2,23,24,26). The highest BCUT2D eigenvalue weighted by Gasteiger charge is 2.30. The summed E-state index contributed by atoms with van der Waals surface area (Å²) in [5.41, 5.74) is -0.790. The lowest BCUT2D eigenvalue weighted by molar-refractivity contribution is -0.137. The lowest BCUT2D eigenvalue weighted by Crippen LogP contribution is -2.48. The van der Waals surface area contributed by atoms with Gasteiger partial charge in [-0.05, 0) is 38.8 Å². The van der Waals surface area contributed by atoms with Crippen LogP contribution < -0.4 is 15.4 Å². The van der Waals surface area contributed by atoms with Crippen LogP contribution in [0.15, 0.2) is 23.3 Å². The number of hydrogen-bond donors (Lipinski definition) is 2. The van der Waals surface area contributed by atoms with Gasteiger partial charge in [0.15, 0.2) is 5.96 Å². The molecule has 158 valence electrons. The smallest absolute Gasteiger partial charge is 0.417 e. The van der Waals surface area contributed by atoms with Gasteiger partial charge in [0.1, 0.15) is 6.61 Å². The third-order valence-electron chi connectivity index (χ3n) is 4.49. The Kier molecular flexibility index (Phi) is 8.82. The number of aliphatic imine (C=N–C) groups is 1. The fraction of sp³-hybridized carbons (Fsp3) is 0.684. The monoisotopic (exact) mass is 401 g/mol. The number of pyridine rings is 1. The maximum Gasteiger partial charge on any atom is 0.417 e. The zero-order chi connectivity index (χ0) is 20.4. The normalized spacial score (nSPS) is 16.8. The minimum atomic E-state index is -4.39. The molecular formula is C19H30F3N5O. The summed E-state index contributed by atoms with van der Waals surface area (Å²) in [7, 11) is 0. The highest BCUT2D eigenvalue weighted by Crippen LogP contribution is 2.29. The minimum absolute atomic E-state index is 0.157. The van der Waals surface area contributed by atoms with Crippen LogP contribution in [0.2, 0.25) is 0 Å². The molecule has 2 heterocycles. The van der Waals surface area contributed by atoms with Gasteiger partial charge >= 0.3 is 6.18 Å². The topological polar surface area (TPSA) is 61.8 Å². The van der Waals surface area contributed by atoms with Gasteiger partial charge < -0.3 is 20.3 Å². The van der Waals surface area contributed by atoms with E-state index in [0.29, 0.717) is 12.6 Å². The van der Waals surface area contributed by atoms with Crippen molar-refractivity contribution in [3.63, 3.8) is 0 Å². The molecule has 9 heteroatoms. The van der Waals surface area contributed by atoms with E-state index in [4.69, 9.17) is 4.74 Å². The number of guanidine groups is 1. The van der Waals surface area contributed by atoms with Crippen LogP contribution in [0.5, 0.6) is 5.88 Å². The fourth-order valence-electron chi connectivity index (χ4n) is 3.07. The van der Waals surface area contributed by atoms with Crippen LogP contribution in [0, 0.1) is 0 Å². The average Bonchev–Trinajstić information content (AvgIpc) is 2.67. The fourth-order valence-corrected chi connectivity index (χ4v) is 3.07. The van der Waals surface area contributed by atoms with Crippen LogP contribution in [0.3, 0.4) is 0 Å². The Morgan fingerprint density at radius 2 is 2.04 bits per heavy atom. The Bertz CT molecular complexity index is 599. The quantitative estimate of drug-likeness (QED) is 0.399. The molecule has 28 heavy (non-hydrogen) atoms. The van der Waals surface area contributed by atoms with Crippen molar-refractivity contribution < 1.29 is 17.9 Å². The van der Waals surface area contributed by atoms with E-state index in [1.165, 1.54) is 12.5 Å². The number of piperidine rings is 1. The molecule has 1 aliphatic heterocycles. The summed E-state index contributed by atoms with van der Waals surface area (Å²) in [6.45, 7) is 8.90. The molecule has 0 atom stereocenters. The van der Waals surface area contributed by atoms with E-state index in [-0.39, 0.29) is 12.5 Å². The molecular weight excluding hydrogens is 371 g/mol. The molecule has 1 fully saturated rings. The molecule has 0 amide bonds. The number of likely N-dealkylation sites (tertiary alicyclic amines) is 1. The van der Waals surface area contributed by atoms with Gasteiger partial charge in [0.05, 0.1) is 12.1 Å². The van der Waals surface area contributed by atoms with Gasteiger partial charge in [-0.25, -0.2) is 9.98 Å². The van der Waals surface area contributed by atoms with Crippen LogP contribution in [-0.2, 0) is 6.18 Å². The Labute approximate surface area is 164 Å². The highest BCUT2D eigenvalue weighted by atomic mass is 19.4. The van der Waals surface area contributed by atoms with Crippen molar-refractivity contribution in [3.05, 3.63) is 23.9 Å². The number of aromatic nitrogens is 1. The van der Waals surface area contributed by atoms with Gasteiger partial charge in [0.2, 0.25) is 5.88 Å². The molecule has 0 bridgehead atoms. The Morgan fingerprint density at radius 3 is 2.61 bits per heavy atom. The second-order valence-corrected chi connectivity index (χ2v) is 6.75. The van der Waals surface area contributed by atoms with Gasteiger partial charge in [0, 0.05) is 37.9 Å². The molecule has 0 unspecified atom stereocenters. The number of nitrogens with one attached hydrogen (secondary N) is 2. The largest absolute Gasteiger partial charge is 0.476 e. The second-order valence-electron chi connectivity index (χ2n) is 6.75. The van der Waals surface area contributed by atoms with E-state index in [2.05, 4.69) is 32.4 Å². The summed E-state index contributed by atoms with van der Waals surface area (Å²) in [6.07, 6.45) is -0.285. The van der Waals surface area contributed by atoms with E-state index in [1.807, 2.05) is 6.92 Å². The Hall–Kier alpha value is -2.03. The predicted octanol–water partition coefficient (Wildman–Crippen LogP) is 2.91. The molecule has 0 saturated carbocycles. The van der Waals surface area contributed by atoms with Crippen molar-refractivity contribution in [2.45, 2.75) is 45.3 Å². The number of nitrogens with zero attached hydrogens (tertiary/aromatic N) is 3. The first-order chi connectivity index (χ1) is 13.4. The summed E-state index contributed by atoms with van der Waals surface area (Å²) in [4.78, 5) is 10.6. The molecule has 1 saturated heterocycles. The van der Waals surface area contributed by atoms with E-state index in [0.717, 1.165) is 57.2 Å². The van der Waals surface area contributed by atoms with Crippen molar-refractivity contribution in [1.82, 2.24) is 20.5 Å². The molecule has 2 rings (SSSR count). The third-order valence-corrected chi connectivity index (χ3v) is 4.49. The predicted molar refractivity (Wildman–Crippen MR) is 104 cm³/mol. The highest BCUT2D eigenvalue weighted by molar-refractivity contribution is 5.80. The summed E-state index contributed by atoms with van der Waals surface area (Å²) in [6, 6.07) is 2.57. The molecule has 0 radical (unpaired) electrons. The van der Waals surface area contributed by atoms with Gasteiger partial charge in [0.25, 0.3) is 0 Å². The lowest BCUT2D eigenvalue weighted by atomic mass is 10.1. The van der Waals surface area contributed by atoms with Gasteiger partial charge in [-0.15, -0.1) is 0 Å². The number of ether oxygens (including phenoxy) is 1. The molecule has 2 N–H and O–H groups in total. The molecule has 1 aliphatic rings. The molecule has 6 nitrogen and oxygen atoms in total. The molecule has 1 aromatic heterocycles. The number of hydrogen-bond acceptors (Lipinski definition) is 4. The summed E-state index contributed by atoms with van der Waals surface area (Å²) >= 11 is 0. The summed E-state index contributed by atoms with van der Waals surface area (Å²) in [5, 5.41) is 6.68. The molecule has 0 aliphatic carbocycles. The molecule has 0 spiro atoms. The zero-order valence-corrected chi connectivity index (χ0v) is 16.6. The second kappa shape index (κ2) is 11.1. The number of alkyl halides is 3. The van der Waals surface area contributed by atoms with E-state index in [9.17, 15) is 13.2 Å². The third kappa shape index (κ3) is 7.53. The minimum Gasteiger partial charge on any atom is -0.476 e. The van der Waals surface area contributed by atoms with E-state index < -0.39 is 11.7 Å². The number of rotatable bonds is 8. The van der Waals surface area contributed by atoms with Gasteiger partial charge in [-0.1, -0.05) is 6.92 Å². The maximum atomic E-state index is 12.5. The lowest BCUT2D eigenvalue weighted by Gasteiger charge is -2.32. The Balaban J connectivity index is 1.76. The molecule has 1 aromatic rings. The van der Waals surface area contributed by atoms with Crippen molar-refractivity contribution in [3.8, 4) is 5.88 Å². The van der Waals surface area contributed by atoms with Crippen molar-refractivity contribution >= 4 is 5.96 Å². The van der Waals surface area contributed by atoms with Crippen LogP contribution >= 0.6 is 0 Å². The zero-order valence-electron chi connectivity index (χ0n) is 16.6. The van der Waals surface area contributed by atoms with Crippen molar-refractivity contribution in [2.24, 2.45) is 4.99 Å². The van der Waals surface area contributed by atoms with E-state index >= 15 is 0 Å². The Morgan fingerprint density at radius 1 is 1.29 bits per heavy atom. The first-order valence-corrected chi connectivity index (χ1v) is 9.85. The first kappa shape index (κ1) is 22.3. The number of halogens is 3. The molecule has 0 aromatic carbocycles. The van der Waals surface area contributed by atoms with Crippen LogP contribution in [-0.4, -0.2) is 61.2 Å². The van der Waals surface area contributed by atoms with Gasteiger partial charge in [-0.3, -0.25) is 0 Å². The van der Waals surface area contributed by atoms with Crippen molar-refractivity contribution in [2.75, 3.05) is 39.3 Å². The van der Waals surface area contributed by atoms with Crippen molar-refractivity contribution in [1.29, 1.82) is 0 Å². The van der Waals surface area contributed by atoms with Crippen LogP contribution in [0.1, 0.15) is 38.7 Å². The van der Waals surface area contributed by atoms with Crippen LogP contribution in [0.4, 0.5) is 13.2 Å². The van der Waals surface area contributed by atoms with Crippen LogP contribution in [0.25, 0.3) is 0 Å². The van der Waals surface area contributed by atoms with E-state index in [1.54, 1.807) is 0 Å².